The minimum Gasteiger partial charge on any atom is -0.399 e. The van der Waals surface area contributed by atoms with Gasteiger partial charge in [-0.1, -0.05) is 36.4 Å². The Morgan fingerprint density at radius 1 is 1.00 bits per heavy atom. The minimum absolute atomic E-state index is 0.825. The zero-order valence-electron chi connectivity index (χ0n) is 11.8. The Hall–Kier alpha value is -1.80. The highest BCUT2D eigenvalue weighted by molar-refractivity contribution is 5.39. The Bertz CT molecular complexity index is 517. The Morgan fingerprint density at radius 2 is 1.68 bits per heavy atom. The van der Waals surface area contributed by atoms with Crippen molar-refractivity contribution in [2.75, 3.05) is 19.3 Å². The van der Waals surface area contributed by atoms with Crippen molar-refractivity contribution in [3.8, 4) is 0 Å². The summed E-state index contributed by atoms with van der Waals surface area (Å²) >= 11 is 0. The topological polar surface area (TPSA) is 29.3 Å². The molecule has 0 atom stereocenters. The smallest absolute Gasteiger partial charge is 0.0314 e. The molecule has 2 rings (SSSR count). The number of likely N-dealkylation sites (N-methyl/N-ethyl adjacent to an activating group) is 1. The van der Waals surface area contributed by atoms with Gasteiger partial charge >= 0.3 is 0 Å². The second kappa shape index (κ2) is 6.39. The van der Waals surface area contributed by atoms with E-state index in [1.54, 1.807) is 0 Å². The van der Waals surface area contributed by atoms with Crippen LogP contribution in [0.1, 0.15) is 16.7 Å². The van der Waals surface area contributed by atoms with Gasteiger partial charge in [0.2, 0.25) is 0 Å². The van der Waals surface area contributed by atoms with Gasteiger partial charge in [-0.25, -0.2) is 0 Å². The molecule has 2 nitrogen and oxygen atoms in total. The summed E-state index contributed by atoms with van der Waals surface area (Å²) in [6.45, 7) is 4.21. The van der Waals surface area contributed by atoms with Crippen molar-refractivity contribution in [2.45, 2.75) is 19.9 Å². The van der Waals surface area contributed by atoms with Gasteiger partial charge in [0.15, 0.2) is 0 Å². The molecule has 100 valence electrons. The van der Waals surface area contributed by atoms with Gasteiger partial charge < -0.3 is 10.6 Å². The molecule has 2 N–H and O–H groups in total. The fourth-order valence-corrected chi connectivity index (χ4v) is 2.22. The third-order valence-electron chi connectivity index (χ3n) is 3.46. The van der Waals surface area contributed by atoms with Gasteiger partial charge in [-0.2, -0.15) is 0 Å². The first-order valence-corrected chi connectivity index (χ1v) is 6.72. The van der Waals surface area contributed by atoms with Crippen LogP contribution in [0, 0.1) is 6.92 Å². The number of nitrogen functional groups attached to an aromatic ring is 1. The van der Waals surface area contributed by atoms with Gasteiger partial charge in [0.25, 0.3) is 0 Å². The zero-order chi connectivity index (χ0) is 13.7. The summed E-state index contributed by atoms with van der Waals surface area (Å²) in [6.07, 6.45) is 1.10. The lowest BCUT2D eigenvalue weighted by Gasteiger charge is -2.17. The number of hydrogen-bond donors (Lipinski definition) is 1. The van der Waals surface area contributed by atoms with Crippen LogP contribution in [-0.2, 0) is 13.0 Å². The number of hydrogen-bond acceptors (Lipinski definition) is 2. The van der Waals surface area contributed by atoms with E-state index >= 15 is 0 Å². The van der Waals surface area contributed by atoms with Gasteiger partial charge in [-0.3, -0.25) is 0 Å². The average Bonchev–Trinajstić information content (AvgIpc) is 2.40. The molecule has 0 amide bonds. The molecule has 0 radical (unpaired) electrons. The van der Waals surface area contributed by atoms with Crippen molar-refractivity contribution >= 4 is 5.69 Å². The Labute approximate surface area is 115 Å². The third kappa shape index (κ3) is 4.11. The molecule has 2 aromatic rings. The Kier molecular flexibility index (Phi) is 4.58. The van der Waals surface area contributed by atoms with Crippen molar-refractivity contribution in [2.24, 2.45) is 0 Å². The number of anilines is 1. The number of benzene rings is 2. The quantitative estimate of drug-likeness (QED) is 0.830. The molecule has 0 aliphatic carbocycles. The first-order valence-electron chi connectivity index (χ1n) is 6.72. The fourth-order valence-electron chi connectivity index (χ4n) is 2.22. The lowest BCUT2D eigenvalue weighted by Crippen LogP contribution is -2.20. The summed E-state index contributed by atoms with van der Waals surface area (Å²) < 4.78 is 0. The molecule has 0 fully saturated rings. The van der Waals surface area contributed by atoms with Gasteiger partial charge in [0, 0.05) is 18.8 Å². The maximum atomic E-state index is 5.70. The van der Waals surface area contributed by atoms with Crippen LogP contribution in [0.5, 0.6) is 0 Å². The number of nitrogens with zero attached hydrogens (tertiary/aromatic N) is 1. The van der Waals surface area contributed by atoms with E-state index in [1.807, 2.05) is 12.1 Å². The van der Waals surface area contributed by atoms with Crippen LogP contribution in [0.15, 0.2) is 48.5 Å². The molecule has 0 unspecified atom stereocenters. The fraction of sp³-hybridized carbons (Fsp3) is 0.294. The van der Waals surface area contributed by atoms with Gasteiger partial charge in [-0.15, -0.1) is 0 Å². The lowest BCUT2D eigenvalue weighted by atomic mass is 10.1. The summed E-state index contributed by atoms with van der Waals surface area (Å²) in [6, 6.07) is 16.7. The molecule has 0 heterocycles. The standard InChI is InChI=1S/C17H22N2/c1-14-5-3-4-6-16(14)11-12-19(2)13-15-7-9-17(18)10-8-15/h3-10H,11-13,18H2,1-2H3. The SMILES string of the molecule is Cc1ccccc1CCN(C)Cc1ccc(N)cc1. The van der Waals surface area contributed by atoms with Gasteiger partial charge in [0.1, 0.15) is 0 Å². The second-order valence-electron chi connectivity index (χ2n) is 5.16. The summed E-state index contributed by atoms with van der Waals surface area (Å²) in [7, 11) is 2.16. The molecule has 0 aliphatic heterocycles. The molecule has 19 heavy (non-hydrogen) atoms. The van der Waals surface area contributed by atoms with Crippen molar-refractivity contribution in [3.05, 3.63) is 65.2 Å². The van der Waals surface area contributed by atoms with Crippen LogP contribution >= 0.6 is 0 Å². The molecule has 0 bridgehead atoms. The van der Waals surface area contributed by atoms with Crippen LogP contribution in [-0.4, -0.2) is 18.5 Å². The maximum Gasteiger partial charge on any atom is 0.0314 e. The first kappa shape index (κ1) is 13.6. The number of nitrogens with two attached hydrogens (primary N) is 1. The summed E-state index contributed by atoms with van der Waals surface area (Å²) in [5, 5.41) is 0. The molecule has 0 aliphatic rings. The van der Waals surface area contributed by atoms with Gasteiger partial charge in [0.05, 0.1) is 0 Å². The van der Waals surface area contributed by atoms with Crippen LogP contribution in [0.4, 0.5) is 5.69 Å². The molecule has 2 aromatic carbocycles. The van der Waals surface area contributed by atoms with Crippen molar-refractivity contribution < 1.29 is 0 Å². The van der Waals surface area contributed by atoms with Crippen molar-refractivity contribution in [3.63, 3.8) is 0 Å². The number of rotatable bonds is 5. The van der Waals surface area contributed by atoms with E-state index in [0.29, 0.717) is 0 Å². The van der Waals surface area contributed by atoms with Gasteiger partial charge in [-0.05, 0) is 49.2 Å². The van der Waals surface area contributed by atoms with E-state index < -0.39 is 0 Å². The van der Waals surface area contributed by atoms with E-state index in [2.05, 4.69) is 55.3 Å². The predicted octanol–water partition coefficient (Wildman–Crippen LogP) is 3.25. The van der Waals surface area contributed by atoms with E-state index in [9.17, 15) is 0 Å². The molecule has 0 spiro atoms. The van der Waals surface area contributed by atoms with Crippen molar-refractivity contribution in [1.82, 2.24) is 4.90 Å². The average molecular weight is 254 g/mol. The van der Waals surface area contributed by atoms with E-state index in [1.165, 1.54) is 16.7 Å². The zero-order valence-corrected chi connectivity index (χ0v) is 11.8. The molecule has 2 heteroatoms. The third-order valence-corrected chi connectivity index (χ3v) is 3.46. The van der Waals surface area contributed by atoms with Crippen LogP contribution < -0.4 is 5.73 Å². The van der Waals surface area contributed by atoms with E-state index in [4.69, 9.17) is 5.73 Å². The monoisotopic (exact) mass is 254 g/mol. The molecule has 0 saturated carbocycles. The first-order chi connectivity index (χ1) is 9.15. The largest absolute Gasteiger partial charge is 0.399 e. The molecule has 0 saturated heterocycles. The Morgan fingerprint density at radius 3 is 2.37 bits per heavy atom. The van der Waals surface area contributed by atoms with E-state index in [-0.39, 0.29) is 0 Å². The highest BCUT2D eigenvalue weighted by atomic mass is 15.1. The highest BCUT2D eigenvalue weighted by Crippen LogP contribution is 2.10. The second-order valence-corrected chi connectivity index (χ2v) is 5.16. The summed E-state index contributed by atoms with van der Waals surface area (Å²) in [5.41, 5.74) is 10.6. The van der Waals surface area contributed by atoms with Crippen molar-refractivity contribution in [1.29, 1.82) is 0 Å². The predicted molar refractivity (Wildman–Crippen MR) is 82.1 cm³/mol. The number of aryl methyl sites for hydroxylation is 1. The lowest BCUT2D eigenvalue weighted by molar-refractivity contribution is 0.331. The highest BCUT2D eigenvalue weighted by Gasteiger charge is 2.02. The maximum absolute atomic E-state index is 5.70. The van der Waals surface area contributed by atoms with Crippen LogP contribution in [0.2, 0.25) is 0 Å². The summed E-state index contributed by atoms with van der Waals surface area (Å²) in [4.78, 5) is 2.35. The minimum atomic E-state index is 0.825. The molecular formula is C17H22N2. The van der Waals surface area contributed by atoms with E-state index in [0.717, 1.165) is 25.2 Å². The van der Waals surface area contributed by atoms with Crippen LogP contribution in [0.3, 0.4) is 0 Å². The molecular weight excluding hydrogens is 232 g/mol. The molecule has 0 aromatic heterocycles. The normalized spacial score (nSPS) is 10.9. The van der Waals surface area contributed by atoms with Crippen LogP contribution in [0.25, 0.3) is 0 Å². The Balaban J connectivity index is 1.86. The summed E-state index contributed by atoms with van der Waals surface area (Å²) in [5.74, 6) is 0.